The zero-order valence-corrected chi connectivity index (χ0v) is 18.3. The fourth-order valence-corrected chi connectivity index (χ4v) is 4.34. The maximum Gasteiger partial charge on any atom is 0.310 e. The summed E-state index contributed by atoms with van der Waals surface area (Å²) in [5.41, 5.74) is 3.63. The molecule has 0 saturated carbocycles. The third kappa shape index (κ3) is 5.55. The molecule has 2 saturated heterocycles. The van der Waals surface area contributed by atoms with Crippen molar-refractivity contribution in [2.75, 3.05) is 45.7 Å². The first-order valence-electron chi connectivity index (χ1n) is 10.9. The first-order chi connectivity index (χ1) is 15.1. The highest BCUT2D eigenvalue weighted by molar-refractivity contribution is 5.72. The number of hydrogen-bond donors (Lipinski definition) is 3. The molecule has 1 atom stereocenters. The van der Waals surface area contributed by atoms with Crippen LogP contribution in [0.5, 0.6) is 5.75 Å². The van der Waals surface area contributed by atoms with Crippen LogP contribution in [0.2, 0.25) is 0 Å². The Labute approximate surface area is 184 Å². The van der Waals surface area contributed by atoms with Gasteiger partial charge >= 0.3 is 5.97 Å². The summed E-state index contributed by atoms with van der Waals surface area (Å²) < 4.78 is 10.1. The minimum atomic E-state index is -0.0937. The van der Waals surface area contributed by atoms with Crippen molar-refractivity contribution in [3.05, 3.63) is 59.7 Å². The van der Waals surface area contributed by atoms with Crippen molar-refractivity contribution >= 4 is 11.7 Å². The molecule has 2 heterocycles. The van der Waals surface area contributed by atoms with Crippen LogP contribution >= 0.6 is 0 Å². The van der Waals surface area contributed by atoms with Gasteiger partial charge in [-0.2, -0.15) is 0 Å². The summed E-state index contributed by atoms with van der Waals surface area (Å²) in [6.45, 7) is 4.39. The van der Waals surface area contributed by atoms with Crippen LogP contribution in [0.3, 0.4) is 0 Å². The van der Waals surface area contributed by atoms with Gasteiger partial charge < -0.3 is 14.8 Å². The van der Waals surface area contributed by atoms with E-state index < -0.39 is 0 Å². The summed E-state index contributed by atoms with van der Waals surface area (Å²) in [6, 6.07) is 16.8. The number of hydrogen-bond acceptors (Lipinski definition) is 7. The number of rotatable bonds is 7. The zero-order chi connectivity index (χ0) is 21.6. The molecule has 2 aromatic carbocycles. The Morgan fingerprint density at radius 1 is 1.06 bits per heavy atom. The molecular formula is C24H32N4O3. The van der Waals surface area contributed by atoms with Gasteiger partial charge in [0.25, 0.3) is 0 Å². The number of carbonyl (C=O) groups is 1. The van der Waals surface area contributed by atoms with Gasteiger partial charge in [-0.1, -0.05) is 24.3 Å². The van der Waals surface area contributed by atoms with Gasteiger partial charge in [-0.15, -0.1) is 0 Å². The average Bonchev–Trinajstić information content (AvgIpc) is 3.29. The van der Waals surface area contributed by atoms with Crippen LogP contribution in [0.4, 0.5) is 5.69 Å². The smallest absolute Gasteiger partial charge is 0.310 e. The number of nitrogens with one attached hydrogen (secondary N) is 3. The monoisotopic (exact) mass is 424 g/mol. The Bertz CT molecular complexity index is 848. The van der Waals surface area contributed by atoms with E-state index in [9.17, 15) is 4.79 Å². The predicted molar refractivity (Wildman–Crippen MR) is 121 cm³/mol. The van der Waals surface area contributed by atoms with Crippen molar-refractivity contribution in [3.8, 4) is 5.75 Å². The second kappa shape index (κ2) is 10.1. The molecule has 0 aliphatic carbocycles. The number of nitrogens with zero attached hydrogens (tertiary/aromatic N) is 1. The average molecular weight is 425 g/mol. The standard InChI is InChI=1S/C24H32N4O3/c1-30-22-9-5-18(6-10-22)20-13-25-24(26-14-20)27-21-7-3-17(4-8-21)15-28-12-11-19(16-28)23(29)31-2/h3-10,19-20,24-27H,11-16H2,1-2H3. The Kier molecular flexibility index (Phi) is 7.06. The molecule has 31 heavy (non-hydrogen) atoms. The maximum atomic E-state index is 11.7. The molecule has 0 bridgehead atoms. The number of anilines is 1. The minimum absolute atomic E-state index is 0.0103. The van der Waals surface area contributed by atoms with Crippen molar-refractivity contribution in [2.45, 2.75) is 25.2 Å². The van der Waals surface area contributed by atoms with E-state index in [1.165, 1.54) is 18.2 Å². The molecule has 2 fully saturated rings. The van der Waals surface area contributed by atoms with E-state index in [-0.39, 0.29) is 18.2 Å². The van der Waals surface area contributed by atoms with Gasteiger partial charge in [0.05, 0.1) is 20.1 Å². The van der Waals surface area contributed by atoms with E-state index in [0.717, 1.165) is 50.6 Å². The fourth-order valence-electron chi connectivity index (χ4n) is 4.34. The van der Waals surface area contributed by atoms with E-state index >= 15 is 0 Å². The molecule has 0 spiro atoms. The molecule has 0 amide bonds. The SMILES string of the molecule is COC(=O)C1CCN(Cc2ccc(NC3NCC(c4ccc(OC)cc4)CN3)cc2)C1. The Morgan fingerprint density at radius 3 is 2.42 bits per heavy atom. The number of carbonyl (C=O) groups excluding carboxylic acids is 1. The van der Waals surface area contributed by atoms with Crippen LogP contribution in [0.15, 0.2) is 48.5 Å². The molecule has 0 radical (unpaired) electrons. The first kappa shape index (κ1) is 21.6. The number of esters is 1. The normalized spacial score (nSPS) is 24.0. The third-order valence-electron chi connectivity index (χ3n) is 6.20. The zero-order valence-electron chi connectivity index (χ0n) is 18.3. The predicted octanol–water partition coefficient (Wildman–Crippen LogP) is 2.36. The Morgan fingerprint density at radius 2 is 1.77 bits per heavy atom. The lowest BCUT2D eigenvalue weighted by Crippen LogP contribution is -2.55. The van der Waals surface area contributed by atoms with E-state index in [0.29, 0.717) is 5.92 Å². The molecule has 2 aromatic rings. The van der Waals surface area contributed by atoms with Crippen molar-refractivity contribution in [1.29, 1.82) is 0 Å². The van der Waals surface area contributed by atoms with Crippen LogP contribution < -0.4 is 20.7 Å². The lowest BCUT2D eigenvalue weighted by molar-refractivity contribution is -0.144. The van der Waals surface area contributed by atoms with Crippen LogP contribution in [-0.2, 0) is 16.1 Å². The highest BCUT2D eigenvalue weighted by Gasteiger charge is 2.28. The molecule has 0 aromatic heterocycles. The lowest BCUT2D eigenvalue weighted by Gasteiger charge is -2.32. The minimum Gasteiger partial charge on any atom is -0.497 e. The van der Waals surface area contributed by atoms with Gasteiger partial charge in [0.2, 0.25) is 0 Å². The van der Waals surface area contributed by atoms with Crippen LogP contribution in [0.1, 0.15) is 23.5 Å². The summed E-state index contributed by atoms with van der Waals surface area (Å²) in [6.07, 6.45) is 0.919. The molecule has 2 aliphatic rings. The van der Waals surface area contributed by atoms with Crippen molar-refractivity contribution in [2.24, 2.45) is 5.92 Å². The van der Waals surface area contributed by atoms with Gasteiger partial charge in [-0.05, 0) is 48.4 Å². The largest absolute Gasteiger partial charge is 0.497 e. The number of methoxy groups -OCH3 is 2. The van der Waals surface area contributed by atoms with Crippen LogP contribution in [0.25, 0.3) is 0 Å². The quantitative estimate of drug-likeness (QED) is 0.589. The van der Waals surface area contributed by atoms with Gasteiger partial charge in [-0.25, -0.2) is 0 Å². The number of likely N-dealkylation sites (tertiary alicyclic amines) is 1. The highest BCUT2D eigenvalue weighted by atomic mass is 16.5. The lowest BCUT2D eigenvalue weighted by atomic mass is 9.97. The molecule has 1 unspecified atom stereocenters. The van der Waals surface area contributed by atoms with Crippen molar-refractivity contribution in [1.82, 2.24) is 15.5 Å². The van der Waals surface area contributed by atoms with Crippen molar-refractivity contribution in [3.63, 3.8) is 0 Å². The fraction of sp³-hybridized carbons (Fsp3) is 0.458. The summed E-state index contributed by atoms with van der Waals surface area (Å²) in [5, 5.41) is 10.6. The van der Waals surface area contributed by atoms with E-state index in [2.05, 4.69) is 57.2 Å². The molecular weight excluding hydrogens is 392 g/mol. The third-order valence-corrected chi connectivity index (χ3v) is 6.20. The van der Waals surface area contributed by atoms with E-state index in [1.54, 1.807) is 7.11 Å². The topological polar surface area (TPSA) is 74.9 Å². The molecule has 2 aliphatic heterocycles. The maximum absolute atomic E-state index is 11.7. The van der Waals surface area contributed by atoms with E-state index in [1.807, 2.05) is 12.1 Å². The van der Waals surface area contributed by atoms with Gasteiger partial charge in [0, 0.05) is 37.8 Å². The summed E-state index contributed by atoms with van der Waals surface area (Å²) in [4.78, 5) is 14.0. The molecule has 166 valence electrons. The van der Waals surface area contributed by atoms with Crippen molar-refractivity contribution < 1.29 is 14.3 Å². The summed E-state index contributed by atoms with van der Waals surface area (Å²) in [5.74, 6) is 1.23. The van der Waals surface area contributed by atoms with E-state index in [4.69, 9.17) is 9.47 Å². The Hall–Kier alpha value is -2.61. The molecule has 7 nitrogen and oxygen atoms in total. The number of ether oxygens (including phenoxy) is 2. The molecule has 7 heteroatoms. The highest BCUT2D eigenvalue weighted by Crippen LogP contribution is 2.22. The van der Waals surface area contributed by atoms with Gasteiger partial charge in [0.15, 0.2) is 0 Å². The molecule has 4 rings (SSSR count). The number of benzene rings is 2. The second-order valence-corrected chi connectivity index (χ2v) is 8.30. The Balaban J connectivity index is 1.23. The van der Waals surface area contributed by atoms with Gasteiger partial charge in [-0.3, -0.25) is 20.3 Å². The summed E-state index contributed by atoms with van der Waals surface area (Å²) >= 11 is 0. The van der Waals surface area contributed by atoms with Gasteiger partial charge in [0.1, 0.15) is 12.0 Å². The second-order valence-electron chi connectivity index (χ2n) is 8.30. The van der Waals surface area contributed by atoms with Crippen LogP contribution in [-0.4, -0.2) is 57.6 Å². The first-order valence-corrected chi connectivity index (χ1v) is 10.9. The summed E-state index contributed by atoms with van der Waals surface area (Å²) in [7, 11) is 3.15. The van der Waals surface area contributed by atoms with Crippen LogP contribution in [0, 0.1) is 5.92 Å². The molecule has 3 N–H and O–H groups in total.